The van der Waals surface area contributed by atoms with Crippen molar-refractivity contribution >= 4 is 16.1 Å². The van der Waals surface area contributed by atoms with Crippen molar-refractivity contribution in [2.45, 2.75) is 87.3 Å². The Hall–Kier alpha value is -2.50. The van der Waals surface area contributed by atoms with Crippen LogP contribution in [-0.2, 0) is 36.2 Å². The van der Waals surface area contributed by atoms with E-state index in [9.17, 15) is 13.2 Å². The number of ether oxygens (including phenoxy) is 3. The predicted octanol–water partition coefficient (Wildman–Crippen LogP) is 4.16. The summed E-state index contributed by atoms with van der Waals surface area (Å²) in [5.41, 5.74) is 8.02. The fourth-order valence-corrected chi connectivity index (χ4v) is 8.34. The van der Waals surface area contributed by atoms with Crippen molar-refractivity contribution in [1.82, 2.24) is 9.62 Å². The zero-order valence-corrected chi connectivity index (χ0v) is 25.3. The van der Waals surface area contributed by atoms with Gasteiger partial charge in [-0.1, -0.05) is 56.3 Å². The number of benzene rings is 2. The minimum Gasteiger partial charge on any atom is -0.443 e. The Morgan fingerprint density at radius 1 is 1.10 bits per heavy atom. The first kappa shape index (κ1) is 29.6. The average Bonchev–Trinajstić information content (AvgIpc) is 3.65. The molecule has 0 spiro atoms. The molecule has 1 amide bonds. The van der Waals surface area contributed by atoms with Crippen LogP contribution in [0.3, 0.4) is 0 Å². The minimum atomic E-state index is -3.75. The van der Waals surface area contributed by atoms with Crippen LogP contribution >= 0.6 is 0 Å². The monoisotopic (exact) mass is 597 g/mol. The molecule has 2 saturated carbocycles. The van der Waals surface area contributed by atoms with Crippen LogP contribution < -0.4 is 11.1 Å². The van der Waals surface area contributed by atoms with Crippen LogP contribution in [0, 0.1) is 17.8 Å². The second-order valence-corrected chi connectivity index (χ2v) is 14.9. The molecule has 0 radical (unpaired) electrons. The zero-order chi connectivity index (χ0) is 29.5. The second-order valence-electron chi connectivity index (χ2n) is 13.0. The standard InChI is InChI=1S/C32H43N3O6S/c1-21(2)19-35(42(37,38)27-10-8-25(9-11-27)32(33)13-14-32)15-12-26(16-22-6-4-3-5-7-22)34-31(36)41-29-24-17-23-18-28(29)40-30(23)39-20-24/h3-11,21,23-24,26,28-30H,12-20,33H2,1-2H3,(H,34,36)/t23?,24?,26-,28?,29?,30?/m1/s1. The molecule has 5 unspecified atom stereocenters. The zero-order valence-electron chi connectivity index (χ0n) is 24.5. The lowest BCUT2D eigenvalue weighted by Crippen LogP contribution is -2.48. The van der Waals surface area contributed by atoms with Crippen molar-refractivity contribution in [1.29, 1.82) is 0 Å². The van der Waals surface area contributed by atoms with Gasteiger partial charge in [0.1, 0.15) is 6.10 Å². The maximum Gasteiger partial charge on any atom is 0.407 e. The van der Waals surface area contributed by atoms with Gasteiger partial charge >= 0.3 is 6.09 Å². The van der Waals surface area contributed by atoms with Gasteiger partial charge in [-0.15, -0.1) is 0 Å². The molecule has 2 aliphatic heterocycles. The Morgan fingerprint density at radius 3 is 2.52 bits per heavy atom. The van der Waals surface area contributed by atoms with Gasteiger partial charge in [0.05, 0.1) is 17.6 Å². The van der Waals surface area contributed by atoms with E-state index in [-0.39, 0.29) is 53.4 Å². The molecule has 6 rings (SSSR count). The van der Waals surface area contributed by atoms with E-state index in [0.29, 0.717) is 31.9 Å². The molecule has 9 nitrogen and oxygen atoms in total. The summed E-state index contributed by atoms with van der Waals surface area (Å²) < 4.78 is 46.9. The normalized spacial score (nSPS) is 28.2. The number of hydrogen-bond acceptors (Lipinski definition) is 7. The number of rotatable bonds is 12. The number of hydrogen-bond donors (Lipinski definition) is 2. The summed E-state index contributed by atoms with van der Waals surface area (Å²) in [6.45, 7) is 5.18. The molecular formula is C32H43N3O6S. The summed E-state index contributed by atoms with van der Waals surface area (Å²) >= 11 is 0. The van der Waals surface area contributed by atoms with Gasteiger partial charge in [0.25, 0.3) is 0 Å². The smallest absolute Gasteiger partial charge is 0.407 e. The number of nitrogens with one attached hydrogen (secondary N) is 1. The topological polar surface area (TPSA) is 120 Å². The molecule has 3 bridgehead atoms. The van der Waals surface area contributed by atoms with Gasteiger partial charge < -0.3 is 25.3 Å². The summed E-state index contributed by atoms with van der Waals surface area (Å²) in [5, 5.41) is 3.07. The molecule has 2 saturated heterocycles. The molecule has 6 atom stereocenters. The molecule has 2 aromatic rings. The van der Waals surface area contributed by atoms with Crippen LogP contribution in [0.2, 0.25) is 0 Å². The van der Waals surface area contributed by atoms with Gasteiger partial charge in [-0.25, -0.2) is 13.2 Å². The fraction of sp³-hybridized carbons (Fsp3) is 0.594. The number of nitrogens with two attached hydrogens (primary N) is 1. The van der Waals surface area contributed by atoms with Crippen LogP contribution in [0.25, 0.3) is 0 Å². The first-order chi connectivity index (χ1) is 20.1. The molecule has 0 aromatic heterocycles. The summed E-state index contributed by atoms with van der Waals surface area (Å²) in [5.74, 6) is 0.651. The van der Waals surface area contributed by atoms with Gasteiger partial charge in [0.2, 0.25) is 10.0 Å². The highest BCUT2D eigenvalue weighted by atomic mass is 32.2. The first-order valence-electron chi connectivity index (χ1n) is 15.3. The lowest BCUT2D eigenvalue weighted by Gasteiger charge is -2.36. The summed E-state index contributed by atoms with van der Waals surface area (Å²) in [6, 6.07) is 16.6. The molecule has 2 aromatic carbocycles. The van der Waals surface area contributed by atoms with E-state index in [1.165, 1.54) is 4.31 Å². The molecule has 3 N–H and O–H groups in total. The lowest BCUT2D eigenvalue weighted by molar-refractivity contribution is -0.153. The van der Waals surface area contributed by atoms with Gasteiger partial charge in [-0.05, 0) is 67.7 Å². The van der Waals surface area contributed by atoms with Crippen molar-refractivity contribution in [2.24, 2.45) is 23.5 Å². The van der Waals surface area contributed by atoms with Crippen LogP contribution in [-0.4, -0.2) is 63.1 Å². The van der Waals surface area contributed by atoms with Gasteiger partial charge in [-0.2, -0.15) is 4.31 Å². The van der Waals surface area contributed by atoms with Crippen LogP contribution in [0.1, 0.15) is 57.1 Å². The van der Waals surface area contributed by atoms with Gasteiger partial charge in [0, 0.05) is 36.5 Å². The number of carbonyl (C=O) groups excluding carboxylic acids is 1. The van der Waals surface area contributed by atoms with Gasteiger partial charge in [0.15, 0.2) is 6.29 Å². The molecule has 228 valence electrons. The van der Waals surface area contributed by atoms with Crippen LogP contribution in [0.5, 0.6) is 0 Å². The van der Waals surface area contributed by atoms with E-state index in [0.717, 1.165) is 36.8 Å². The molecule has 10 heteroatoms. The summed E-state index contributed by atoms with van der Waals surface area (Å²) in [7, 11) is -3.75. The summed E-state index contributed by atoms with van der Waals surface area (Å²) in [6.07, 6.45) is 3.47. The average molecular weight is 598 g/mol. The second kappa shape index (κ2) is 11.9. The maximum absolute atomic E-state index is 13.8. The molecule has 4 aliphatic rings. The first-order valence-corrected chi connectivity index (χ1v) is 16.7. The Morgan fingerprint density at radius 2 is 1.83 bits per heavy atom. The quantitative estimate of drug-likeness (QED) is 0.377. The Labute approximate surface area is 249 Å². The largest absolute Gasteiger partial charge is 0.443 e. The molecule has 2 aliphatic carbocycles. The van der Waals surface area contributed by atoms with E-state index >= 15 is 0 Å². The highest BCUT2D eigenvalue weighted by Gasteiger charge is 2.53. The van der Waals surface area contributed by atoms with E-state index < -0.39 is 16.1 Å². The van der Waals surface area contributed by atoms with Crippen molar-refractivity contribution in [3.05, 3.63) is 65.7 Å². The van der Waals surface area contributed by atoms with Crippen molar-refractivity contribution in [2.75, 3.05) is 19.7 Å². The number of sulfonamides is 1. The number of amides is 1. The maximum atomic E-state index is 13.8. The minimum absolute atomic E-state index is 0.127. The van der Waals surface area contributed by atoms with Crippen LogP contribution in [0.4, 0.5) is 4.79 Å². The highest BCUT2D eigenvalue weighted by molar-refractivity contribution is 7.89. The number of alkyl carbamates (subject to hydrolysis) is 1. The molecule has 2 heterocycles. The predicted molar refractivity (Wildman–Crippen MR) is 158 cm³/mol. The molecule has 42 heavy (non-hydrogen) atoms. The van der Waals surface area contributed by atoms with E-state index in [4.69, 9.17) is 19.9 Å². The van der Waals surface area contributed by atoms with Crippen molar-refractivity contribution < 1.29 is 27.4 Å². The number of nitrogens with zero attached hydrogens (tertiary/aromatic N) is 1. The Bertz CT molecular complexity index is 1340. The van der Waals surface area contributed by atoms with E-state index in [1.807, 2.05) is 56.3 Å². The third kappa shape index (κ3) is 6.38. The van der Waals surface area contributed by atoms with E-state index in [1.54, 1.807) is 12.1 Å². The third-order valence-electron chi connectivity index (χ3n) is 9.18. The Balaban J connectivity index is 1.15. The van der Waals surface area contributed by atoms with Gasteiger partial charge in [-0.3, -0.25) is 0 Å². The number of fused-ring (bicyclic) bond motifs is 2. The van der Waals surface area contributed by atoms with Crippen molar-refractivity contribution in [3.63, 3.8) is 0 Å². The fourth-order valence-electron chi connectivity index (χ4n) is 6.72. The molecule has 4 fully saturated rings. The third-order valence-corrected chi connectivity index (χ3v) is 11.1. The Kier molecular flexibility index (Phi) is 8.36. The SMILES string of the molecule is CC(C)CN(CC[C@H](Cc1ccccc1)NC(=O)OC1C2COC3OC1CC3C2)S(=O)(=O)c1ccc(C2(N)CC2)cc1. The van der Waals surface area contributed by atoms with E-state index in [2.05, 4.69) is 5.32 Å². The lowest BCUT2D eigenvalue weighted by atomic mass is 9.78. The van der Waals surface area contributed by atoms with Crippen LogP contribution in [0.15, 0.2) is 59.5 Å². The van der Waals surface area contributed by atoms with Crippen molar-refractivity contribution in [3.8, 4) is 0 Å². The highest BCUT2D eigenvalue weighted by Crippen LogP contribution is 2.46. The number of carbonyl (C=O) groups is 1. The summed E-state index contributed by atoms with van der Waals surface area (Å²) in [4.78, 5) is 13.5. The molecular weight excluding hydrogens is 554 g/mol.